The highest BCUT2D eigenvalue weighted by atomic mass is 16.2. The number of nitrogens with zero attached hydrogens (tertiary/aromatic N) is 1. The molecule has 0 aromatic heterocycles. The van der Waals surface area contributed by atoms with Crippen LogP contribution in [-0.4, -0.2) is 23.3 Å². The fraction of sp³-hybridized carbons (Fsp3) is 0.529. The number of carbonyl (C=O) groups excluding carboxylic acids is 2. The largest absolute Gasteiger partial charge is 0.385 e. The second-order valence-corrected chi connectivity index (χ2v) is 6.77. The number of hydrogen-bond donors (Lipinski definition) is 1. The Morgan fingerprint density at radius 3 is 2.33 bits per heavy atom. The van der Waals surface area contributed by atoms with Crippen molar-refractivity contribution in [1.29, 1.82) is 0 Å². The van der Waals surface area contributed by atoms with Crippen molar-refractivity contribution < 1.29 is 9.59 Å². The number of nitrogens with one attached hydrogen (secondary N) is 1. The highest BCUT2D eigenvalue weighted by Gasteiger charge is 2.29. The number of carbonyl (C=O) groups is 2. The minimum Gasteiger partial charge on any atom is -0.385 e. The summed E-state index contributed by atoms with van der Waals surface area (Å²) < 4.78 is 0. The molecule has 2 rings (SSSR count). The van der Waals surface area contributed by atoms with Crippen LogP contribution in [0.5, 0.6) is 0 Å². The van der Waals surface area contributed by atoms with E-state index in [2.05, 4.69) is 26.1 Å². The van der Waals surface area contributed by atoms with Crippen LogP contribution in [-0.2, 0) is 16.1 Å². The molecule has 1 fully saturated rings. The van der Waals surface area contributed by atoms with Crippen LogP contribution in [0.1, 0.15) is 45.6 Å². The Labute approximate surface area is 126 Å². The maximum atomic E-state index is 11.7. The van der Waals surface area contributed by atoms with Crippen LogP contribution < -0.4 is 5.32 Å². The van der Waals surface area contributed by atoms with E-state index in [0.717, 1.165) is 24.2 Å². The Morgan fingerprint density at radius 2 is 1.71 bits per heavy atom. The second kappa shape index (κ2) is 6.29. The normalized spacial score (nSPS) is 15.7. The fourth-order valence-electron chi connectivity index (χ4n) is 2.37. The first-order valence-corrected chi connectivity index (χ1v) is 7.52. The molecule has 21 heavy (non-hydrogen) atoms. The number of rotatable bonds is 5. The predicted molar refractivity (Wildman–Crippen MR) is 83.8 cm³/mol. The Kier molecular flexibility index (Phi) is 4.66. The van der Waals surface area contributed by atoms with Gasteiger partial charge in [0.15, 0.2) is 0 Å². The minimum absolute atomic E-state index is 0.0653. The first kappa shape index (κ1) is 15.5. The van der Waals surface area contributed by atoms with Crippen LogP contribution in [0.2, 0.25) is 0 Å². The zero-order chi connectivity index (χ0) is 15.5. The monoisotopic (exact) mass is 288 g/mol. The topological polar surface area (TPSA) is 49.4 Å². The summed E-state index contributed by atoms with van der Waals surface area (Å²) in [6.45, 7) is 7.88. The lowest BCUT2D eigenvalue weighted by molar-refractivity contribution is -0.139. The molecular weight excluding hydrogens is 264 g/mol. The van der Waals surface area contributed by atoms with Gasteiger partial charge in [0.25, 0.3) is 0 Å². The van der Waals surface area contributed by atoms with Crippen LogP contribution in [0.4, 0.5) is 5.69 Å². The molecule has 1 aromatic carbocycles. The number of benzene rings is 1. The van der Waals surface area contributed by atoms with Crippen LogP contribution in [0.15, 0.2) is 24.3 Å². The van der Waals surface area contributed by atoms with Gasteiger partial charge in [-0.25, -0.2) is 0 Å². The maximum absolute atomic E-state index is 11.7. The molecule has 0 saturated carbocycles. The van der Waals surface area contributed by atoms with E-state index in [1.165, 1.54) is 4.90 Å². The van der Waals surface area contributed by atoms with Gasteiger partial charge in [-0.2, -0.15) is 0 Å². The lowest BCUT2D eigenvalue weighted by atomic mass is 9.92. The van der Waals surface area contributed by atoms with Gasteiger partial charge in [-0.15, -0.1) is 0 Å². The second-order valence-electron chi connectivity index (χ2n) is 6.77. The molecule has 1 heterocycles. The molecule has 114 valence electrons. The molecule has 4 heteroatoms. The van der Waals surface area contributed by atoms with Crippen molar-refractivity contribution >= 4 is 17.5 Å². The van der Waals surface area contributed by atoms with Crippen molar-refractivity contribution in [3.05, 3.63) is 29.8 Å². The third-order valence-electron chi connectivity index (χ3n) is 3.69. The van der Waals surface area contributed by atoms with Gasteiger partial charge in [-0.1, -0.05) is 39.0 Å². The summed E-state index contributed by atoms with van der Waals surface area (Å²) in [5.41, 5.74) is 2.28. The van der Waals surface area contributed by atoms with Gasteiger partial charge in [0.05, 0.1) is 6.54 Å². The molecule has 0 unspecified atom stereocenters. The van der Waals surface area contributed by atoms with Gasteiger partial charge in [0, 0.05) is 25.1 Å². The highest BCUT2D eigenvalue weighted by Crippen LogP contribution is 2.23. The number of likely N-dealkylation sites (tertiary alicyclic amines) is 1. The van der Waals surface area contributed by atoms with E-state index < -0.39 is 0 Å². The molecule has 1 N–H and O–H groups in total. The summed E-state index contributed by atoms with van der Waals surface area (Å²) in [4.78, 5) is 24.8. The Morgan fingerprint density at radius 1 is 1.10 bits per heavy atom. The van der Waals surface area contributed by atoms with E-state index in [9.17, 15) is 9.59 Å². The summed E-state index contributed by atoms with van der Waals surface area (Å²) in [5, 5.41) is 3.42. The smallest absolute Gasteiger partial charge is 0.229 e. The van der Waals surface area contributed by atoms with Crippen molar-refractivity contribution in [3.63, 3.8) is 0 Å². The SMILES string of the molecule is CC(C)(C)CCNc1ccccc1CN1C(=O)CCC1=O. The quantitative estimate of drug-likeness (QED) is 0.847. The van der Waals surface area contributed by atoms with Gasteiger partial charge >= 0.3 is 0 Å². The van der Waals surface area contributed by atoms with E-state index in [0.29, 0.717) is 19.4 Å². The molecule has 4 nitrogen and oxygen atoms in total. The first-order chi connectivity index (χ1) is 9.87. The van der Waals surface area contributed by atoms with Crippen molar-refractivity contribution in [2.75, 3.05) is 11.9 Å². The van der Waals surface area contributed by atoms with E-state index in [-0.39, 0.29) is 17.2 Å². The van der Waals surface area contributed by atoms with Crippen molar-refractivity contribution in [2.45, 2.75) is 46.6 Å². The minimum atomic E-state index is -0.0653. The molecule has 0 bridgehead atoms. The summed E-state index contributed by atoms with van der Waals surface area (Å²) in [5.74, 6) is -0.131. The van der Waals surface area contributed by atoms with E-state index in [4.69, 9.17) is 0 Å². The van der Waals surface area contributed by atoms with Crippen LogP contribution in [0, 0.1) is 5.41 Å². The molecular formula is C17H24N2O2. The van der Waals surface area contributed by atoms with Gasteiger partial charge in [0.2, 0.25) is 11.8 Å². The number of anilines is 1. The number of amides is 2. The van der Waals surface area contributed by atoms with Gasteiger partial charge in [-0.3, -0.25) is 14.5 Å². The molecule has 1 saturated heterocycles. The fourth-order valence-corrected chi connectivity index (χ4v) is 2.37. The summed E-state index contributed by atoms with van der Waals surface area (Å²) in [7, 11) is 0. The average Bonchev–Trinajstić information content (AvgIpc) is 2.71. The van der Waals surface area contributed by atoms with Crippen LogP contribution in [0.25, 0.3) is 0 Å². The Hall–Kier alpha value is -1.84. The molecule has 0 spiro atoms. The highest BCUT2D eigenvalue weighted by molar-refractivity contribution is 6.01. The Bertz CT molecular complexity index is 516. The molecule has 0 atom stereocenters. The standard InChI is InChI=1S/C17H24N2O2/c1-17(2,3)10-11-18-14-7-5-4-6-13(14)12-19-15(20)8-9-16(19)21/h4-7,18H,8-12H2,1-3H3. The molecule has 1 aromatic rings. The average molecular weight is 288 g/mol. The zero-order valence-corrected chi connectivity index (χ0v) is 13.1. The van der Waals surface area contributed by atoms with Crippen LogP contribution in [0.3, 0.4) is 0 Å². The molecule has 0 radical (unpaired) electrons. The predicted octanol–water partition coefficient (Wildman–Crippen LogP) is 3.18. The summed E-state index contributed by atoms with van der Waals surface area (Å²) in [6, 6.07) is 7.88. The molecule has 1 aliphatic heterocycles. The lowest BCUT2D eigenvalue weighted by Gasteiger charge is -2.21. The third-order valence-corrected chi connectivity index (χ3v) is 3.69. The number of hydrogen-bond acceptors (Lipinski definition) is 3. The number of imide groups is 1. The van der Waals surface area contributed by atoms with Crippen molar-refractivity contribution in [3.8, 4) is 0 Å². The Balaban J connectivity index is 2.03. The zero-order valence-electron chi connectivity index (χ0n) is 13.1. The summed E-state index contributed by atoms with van der Waals surface area (Å²) >= 11 is 0. The van der Waals surface area contributed by atoms with E-state index in [1.54, 1.807) is 0 Å². The van der Waals surface area contributed by atoms with Gasteiger partial charge in [0.1, 0.15) is 0 Å². The molecule has 2 amide bonds. The van der Waals surface area contributed by atoms with Crippen LogP contribution >= 0.6 is 0 Å². The van der Waals surface area contributed by atoms with Crippen molar-refractivity contribution in [1.82, 2.24) is 4.90 Å². The van der Waals surface area contributed by atoms with E-state index >= 15 is 0 Å². The first-order valence-electron chi connectivity index (χ1n) is 7.52. The summed E-state index contributed by atoms with van der Waals surface area (Å²) in [6.07, 6.45) is 1.75. The number of para-hydroxylation sites is 1. The lowest BCUT2D eigenvalue weighted by Crippen LogP contribution is -2.28. The van der Waals surface area contributed by atoms with E-state index in [1.807, 2.05) is 24.3 Å². The molecule has 0 aliphatic carbocycles. The third kappa shape index (κ3) is 4.31. The van der Waals surface area contributed by atoms with Gasteiger partial charge < -0.3 is 5.32 Å². The maximum Gasteiger partial charge on any atom is 0.229 e. The van der Waals surface area contributed by atoms with Gasteiger partial charge in [-0.05, 0) is 23.5 Å². The van der Waals surface area contributed by atoms with Crippen molar-refractivity contribution in [2.24, 2.45) is 5.41 Å². The molecule has 1 aliphatic rings.